The zero-order chi connectivity index (χ0) is 13.4. The molecule has 0 atom stereocenters. The smallest absolute Gasteiger partial charge is 0.150 e. The van der Waals surface area contributed by atoms with Crippen LogP contribution in [-0.2, 0) is 7.05 Å². The van der Waals surface area contributed by atoms with E-state index in [1.54, 1.807) is 0 Å². The third kappa shape index (κ3) is 1.83. The second-order valence-corrected chi connectivity index (χ2v) is 4.70. The molecule has 3 rings (SSSR count). The van der Waals surface area contributed by atoms with Gasteiger partial charge in [-0.3, -0.25) is 4.79 Å². The number of hydrogen-bond acceptors (Lipinski definition) is 2. The van der Waals surface area contributed by atoms with E-state index in [1.165, 1.54) is 0 Å². The number of nitrogens with zero attached hydrogens (tertiary/aromatic N) is 2. The van der Waals surface area contributed by atoms with Crippen molar-refractivity contribution in [1.29, 1.82) is 0 Å². The van der Waals surface area contributed by atoms with Crippen molar-refractivity contribution in [3.05, 3.63) is 53.9 Å². The maximum atomic E-state index is 10.7. The summed E-state index contributed by atoms with van der Waals surface area (Å²) in [4.78, 5) is 15.1. The van der Waals surface area contributed by atoms with E-state index < -0.39 is 0 Å². The standard InChI is InChI=1S/C16H14N2O/c1-11-14(13-5-3-12(9-19)4-6-13)7-8-15-16(11)17-10-18(15)2/h3-10H,1-2H3. The lowest BCUT2D eigenvalue weighted by Gasteiger charge is -2.07. The van der Waals surface area contributed by atoms with Gasteiger partial charge in [0.15, 0.2) is 0 Å². The molecule has 1 heterocycles. The molecule has 0 N–H and O–H groups in total. The van der Waals surface area contributed by atoms with Gasteiger partial charge in [-0.1, -0.05) is 30.3 Å². The Morgan fingerprint density at radius 3 is 2.53 bits per heavy atom. The van der Waals surface area contributed by atoms with Gasteiger partial charge in [0.2, 0.25) is 0 Å². The van der Waals surface area contributed by atoms with Crippen molar-refractivity contribution in [3.63, 3.8) is 0 Å². The summed E-state index contributed by atoms with van der Waals surface area (Å²) in [6.45, 7) is 2.08. The minimum Gasteiger partial charge on any atom is -0.334 e. The van der Waals surface area contributed by atoms with Crippen LogP contribution in [0.25, 0.3) is 22.2 Å². The van der Waals surface area contributed by atoms with E-state index >= 15 is 0 Å². The van der Waals surface area contributed by atoms with E-state index in [1.807, 2.05) is 42.2 Å². The maximum absolute atomic E-state index is 10.7. The third-order valence-electron chi connectivity index (χ3n) is 3.51. The Bertz CT molecular complexity index is 754. The van der Waals surface area contributed by atoms with Gasteiger partial charge in [-0.15, -0.1) is 0 Å². The first-order valence-corrected chi connectivity index (χ1v) is 6.17. The molecule has 0 fully saturated rings. The Hall–Kier alpha value is -2.42. The van der Waals surface area contributed by atoms with E-state index in [2.05, 4.69) is 24.0 Å². The monoisotopic (exact) mass is 250 g/mol. The topological polar surface area (TPSA) is 34.9 Å². The summed E-state index contributed by atoms with van der Waals surface area (Å²) in [6.07, 6.45) is 2.69. The molecule has 0 amide bonds. The summed E-state index contributed by atoms with van der Waals surface area (Å²) >= 11 is 0. The van der Waals surface area contributed by atoms with Gasteiger partial charge in [0.1, 0.15) is 6.29 Å². The molecule has 2 aromatic carbocycles. The van der Waals surface area contributed by atoms with Crippen molar-refractivity contribution in [1.82, 2.24) is 9.55 Å². The van der Waals surface area contributed by atoms with Gasteiger partial charge >= 0.3 is 0 Å². The average Bonchev–Trinajstić information content (AvgIpc) is 2.82. The average molecular weight is 250 g/mol. The van der Waals surface area contributed by atoms with E-state index in [-0.39, 0.29) is 0 Å². The predicted octanol–water partition coefficient (Wildman–Crippen LogP) is 3.36. The fourth-order valence-electron chi connectivity index (χ4n) is 2.39. The van der Waals surface area contributed by atoms with Crippen LogP contribution in [0.2, 0.25) is 0 Å². The number of carbonyl (C=O) groups excluding carboxylic acids is 1. The Balaban J connectivity index is 2.18. The van der Waals surface area contributed by atoms with Crippen molar-refractivity contribution in [3.8, 4) is 11.1 Å². The van der Waals surface area contributed by atoms with Gasteiger partial charge in [0, 0.05) is 12.6 Å². The van der Waals surface area contributed by atoms with E-state index in [0.29, 0.717) is 5.56 Å². The number of benzene rings is 2. The highest BCUT2D eigenvalue weighted by Gasteiger charge is 2.08. The number of rotatable bonds is 2. The highest BCUT2D eigenvalue weighted by molar-refractivity contribution is 5.87. The predicted molar refractivity (Wildman–Crippen MR) is 76.3 cm³/mol. The number of hydrogen-bond donors (Lipinski definition) is 0. The molecular weight excluding hydrogens is 236 g/mol. The zero-order valence-corrected chi connectivity index (χ0v) is 10.9. The van der Waals surface area contributed by atoms with Gasteiger partial charge in [-0.25, -0.2) is 4.98 Å². The zero-order valence-electron chi connectivity index (χ0n) is 10.9. The summed E-state index contributed by atoms with van der Waals surface area (Å²) in [5.74, 6) is 0. The van der Waals surface area contributed by atoms with Crippen LogP contribution in [-0.4, -0.2) is 15.8 Å². The lowest BCUT2D eigenvalue weighted by Crippen LogP contribution is -1.88. The maximum Gasteiger partial charge on any atom is 0.150 e. The minimum absolute atomic E-state index is 0.695. The number of carbonyl (C=O) groups is 1. The first-order chi connectivity index (χ1) is 9.20. The largest absolute Gasteiger partial charge is 0.334 e. The van der Waals surface area contributed by atoms with Crippen molar-refractivity contribution in [2.24, 2.45) is 7.05 Å². The van der Waals surface area contributed by atoms with E-state index in [9.17, 15) is 4.79 Å². The number of aldehydes is 1. The molecule has 3 heteroatoms. The minimum atomic E-state index is 0.695. The number of imidazole rings is 1. The van der Waals surface area contributed by atoms with Gasteiger partial charge < -0.3 is 4.57 Å². The van der Waals surface area contributed by atoms with Crippen molar-refractivity contribution >= 4 is 17.3 Å². The summed E-state index contributed by atoms with van der Waals surface area (Å²) < 4.78 is 2.02. The van der Waals surface area contributed by atoms with Crippen LogP contribution in [0.3, 0.4) is 0 Å². The lowest BCUT2D eigenvalue weighted by molar-refractivity contribution is 0.112. The van der Waals surface area contributed by atoms with E-state index in [4.69, 9.17) is 0 Å². The second-order valence-electron chi connectivity index (χ2n) is 4.70. The van der Waals surface area contributed by atoms with Gasteiger partial charge in [-0.05, 0) is 29.7 Å². The molecule has 0 aliphatic heterocycles. The summed E-state index contributed by atoms with van der Waals surface area (Å²) in [5.41, 5.74) is 6.28. The van der Waals surface area contributed by atoms with Crippen LogP contribution in [0.15, 0.2) is 42.7 Å². The van der Waals surface area contributed by atoms with Crippen molar-refractivity contribution in [2.75, 3.05) is 0 Å². The van der Waals surface area contributed by atoms with Crippen LogP contribution < -0.4 is 0 Å². The second kappa shape index (κ2) is 4.35. The highest BCUT2D eigenvalue weighted by Crippen LogP contribution is 2.28. The molecule has 0 saturated carbocycles. The number of aromatic nitrogens is 2. The fourth-order valence-corrected chi connectivity index (χ4v) is 2.39. The lowest BCUT2D eigenvalue weighted by atomic mass is 9.98. The number of fused-ring (bicyclic) bond motifs is 1. The Morgan fingerprint density at radius 2 is 1.84 bits per heavy atom. The first-order valence-electron chi connectivity index (χ1n) is 6.17. The quantitative estimate of drug-likeness (QED) is 0.654. The normalized spacial score (nSPS) is 10.8. The van der Waals surface area contributed by atoms with E-state index in [0.717, 1.165) is 34.0 Å². The summed E-state index contributed by atoms with van der Waals surface area (Å²) in [5, 5.41) is 0. The molecule has 19 heavy (non-hydrogen) atoms. The van der Waals surface area contributed by atoms with Gasteiger partial charge in [0.25, 0.3) is 0 Å². The van der Waals surface area contributed by atoms with Crippen molar-refractivity contribution in [2.45, 2.75) is 6.92 Å². The molecule has 0 bridgehead atoms. The molecule has 0 radical (unpaired) electrons. The van der Waals surface area contributed by atoms with Crippen LogP contribution in [0.4, 0.5) is 0 Å². The third-order valence-corrected chi connectivity index (χ3v) is 3.51. The van der Waals surface area contributed by atoms with Crippen LogP contribution in [0.1, 0.15) is 15.9 Å². The Kier molecular flexibility index (Phi) is 2.67. The molecule has 3 aromatic rings. The molecule has 0 unspecified atom stereocenters. The SMILES string of the molecule is Cc1c(-c2ccc(C=O)cc2)ccc2c1ncn2C. The van der Waals surface area contributed by atoms with Crippen LogP contribution in [0.5, 0.6) is 0 Å². The van der Waals surface area contributed by atoms with Crippen LogP contribution in [0, 0.1) is 6.92 Å². The molecular formula is C16H14N2O. The van der Waals surface area contributed by atoms with Gasteiger partial charge in [0.05, 0.1) is 17.4 Å². The van der Waals surface area contributed by atoms with Crippen molar-refractivity contribution < 1.29 is 4.79 Å². The Morgan fingerprint density at radius 1 is 1.11 bits per heavy atom. The van der Waals surface area contributed by atoms with Gasteiger partial charge in [-0.2, -0.15) is 0 Å². The first kappa shape index (κ1) is 11.7. The molecule has 3 nitrogen and oxygen atoms in total. The molecule has 0 aliphatic rings. The van der Waals surface area contributed by atoms with Crippen LogP contribution >= 0.6 is 0 Å². The molecule has 0 spiro atoms. The molecule has 0 saturated heterocycles. The molecule has 0 aliphatic carbocycles. The Labute approximate surface area is 111 Å². The summed E-state index contributed by atoms with van der Waals surface area (Å²) in [7, 11) is 1.99. The molecule has 94 valence electrons. The molecule has 1 aromatic heterocycles. The summed E-state index contributed by atoms with van der Waals surface area (Å²) in [6, 6.07) is 11.8. The fraction of sp³-hybridized carbons (Fsp3) is 0.125. The number of aryl methyl sites for hydroxylation is 2. The highest BCUT2D eigenvalue weighted by atomic mass is 16.1.